The van der Waals surface area contributed by atoms with Crippen LogP contribution >= 0.6 is 11.6 Å². The van der Waals surface area contributed by atoms with Crippen LogP contribution in [0, 0.1) is 11.7 Å². The average molecular weight is 200 g/mol. The van der Waals surface area contributed by atoms with E-state index in [0.717, 1.165) is 18.4 Å². The monoisotopic (exact) mass is 199 g/mol. The maximum absolute atomic E-state index is 12.7. The summed E-state index contributed by atoms with van der Waals surface area (Å²) in [5.41, 5.74) is 6.81. The van der Waals surface area contributed by atoms with E-state index in [2.05, 4.69) is 0 Å². The summed E-state index contributed by atoms with van der Waals surface area (Å²) in [4.78, 5) is 0. The fourth-order valence-electron chi connectivity index (χ4n) is 1.48. The van der Waals surface area contributed by atoms with Gasteiger partial charge in [0, 0.05) is 11.1 Å². The first-order valence-corrected chi connectivity index (χ1v) is 4.77. The quantitative estimate of drug-likeness (QED) is 0.779. The number of hydrogen-bond donors (Lipinski definition) is 1. The van der Waals surface area contributed by atoms with Crippen LogP contribution in [0.3, 0.4) is 0 Å². The minimum absolute atomic E-state index is 0.0203. The van der Waals surface area contributed by atoms with Crippen molar-refractivity contribution in [3.63, 3.8) is 0 Å². The van der Waals surface area contributed by atoms with Crippen molar-refractivity contribution in [1.29, 1.82) is 0 Å². The van der Waals surface area contributed by atoms with Gasteiger partial charge < -0.3 is 5.73 Å². The lowest BCUT2D eigenvalue weighted by Crippen LogP contribution is -2.12. The summed E-state index contributed by atoms with van der Waals surface area (Å²) < 4.78 is 12.7. The Bertz CT molecular complexity index is 323. The fraction of sp³-hybridized carbons (Fsp3) is 0.400. The lowest BCUT2D eigenvalue weighted by Gasteiger charge is -2.12. The highest BCUT2D eigenvalue weighted by Gasteiger charge is 2.30. The van der Waals surface area contributed by atoms with E-state index in [-0.39, 0.29) is 11.9 Å². The molecule has 1 atom stereocenters. The third-order valence-corrected chi connectivity index (χ3v) is 2.78. The summed E-state index contributed by atoms with van der Waals surface area (Å²) in [6.45, 7) is 0. The van der Waals surface area contributed by atoms with Gasteiger partial charge in [0.25, 0.3) is 0 Å². The van der Waals surface area contributed by atoms with E-state index in [0.29, 0.717) is 10.9 Å². The Kier molecular flexibility index (Phi) is 2.26. The number of hydrogen-bond acceptors (Lipinski definition) is 1. The van der Waals surface area contributed by atoms with Crippen LogP contribution in [0.1, 0.15) is 24.4 Å². The predicted molar refractivity (Wildman–Crippen MR) is 51.1 cm³/mol. The molecule has 3 heteroatoms. The van der Waals surface area contributed by atoms with Crippen molar-refractivity contribution >= 4 is 11.6 Å². The first kappa shape index (κ1) is 8.97. The normalized spacial score (nSPS) is 18.7. The Balaban J connectivity index is 2.28. The van der Waals surface area contributed by atoms with Gasteiger partial charge in [0.15, 0.2) is 0 Å². The van der Waals surface area contributed by atoms with Crippen molar-refractivity contribution in [1.82, 2.24) is 0 Å². The van der Waals surface area contributed by atoms with Crippen LogP contribution in [0.5, 0.6) is 0 Å². The molecule has 0 amide bonds. The van der Waals surface area contributed by atoms with Crippen LogP contribution in [0.15, 0.2) is 18.2 Å². The molecule has 0 saturated heterocycles. The lowest BCUT2D eigenvalue weighted by atomic mass is 10.0. The largest absolute Gasteiger partial charge is 0.324 e. The summed E-state index contributed by atoms with van der Waals surface area (Å²) in [7, 11) is 0. The Morgan fingerprint density at radius 1 is 1.46 bits per heavy atom. The molecule has 0 aliphatic heterocycles. The van der Waals surface area contributed by atoms with Crippen molar-refractivity contribution in [2.45, 2.75) is 18.9 Å². The molecule has 1 aromatic carbocycles. The lowest BCUT2D eigenvalue weighted by molar-refractivity contribution is 0.613. The Morgan fingerprint density at radius 3 is 2.69 bits per heavy atom. The van der Waals surface area contributed by atoms with Gasteiger partial charge in [-0.1, -0.05) is 17.7 Å². The highest BCUT2D eigenvalue weighted by molar-refractivity contribution is 6.31. The zero-order valence-corrected chi connectivity index (χ0v) is 7.89. The molecule has 1 fully saturated rings. The molecule has 70 valence electrons. The van der Waals surface area contributed by atoms with E-state index >= 15 is 0 Å². The molecular formula is C10H11ClFN. The second-order valence-electron chi connectivity index (χ2n) is 3.53. The molecule has 1 nitrogen and oxygen atoms in total. The molecule has 0 radical (unpaired) electrons. The first-order valence-electron chi connectivity index (χ1n) is 4.39. The van der Waals surface area contributed by atoms with E-state index in [1.54, 1.807) is 6.07 Å². The van der Waals surface area contributed by atoms with Crippen molar-refractivity contribution in [3.05, 3.63) is 34.6 Å². The molecule has 0 unspecified atom stereocenters. The third-order valence-electron chi connectivity index (χ3n) is 2.45. The van der Waals surface area contributed by atoms with Crippen molar-refractivity contribution in [2.24, 2.45) is 11.7 Å². The number of nitrogens with two attached hydrogens (primary N) is 1. The zero-order chi connectivity index (χ0) is 9.42. The van der Waals surface area contributed by atoms with Crippen molar-refractivity contribution < 1.29 is 4.39 Å². The maximum Gasteiger partial charge on any atom is 0.124 e. The summed E-state index contributed by atoms with van der Waals surface area (Å²) in [6, 6.07) is 4.39. The minimum atomic E-state index is -0.309. The van der Waals surface area contributed by atoms with E-state index in [9.17, 15) is 4.39 Å². The second-order valence-corrected chi connectivity index (χ2v) is 3.94. The van der Waals surface area contributed by atoms with Gasteiger partial charge in [0.2, 0.25) is 0 Å². The van der Waals surface area contributed by atoms with Crippen LogP contribution in [0.4, 0.5) is 4.39 Å². The van der Waals surface area contributed by atoms with Gasteiger partial charge in [0.1, 0.15) is 5.82 Å². The topological polar surface area (TPSA) is 26.0 Å². The number of benzene rings is 1. The zero-order valence-electron chi connectivity index (χ0n) is 7.13. The van der Waals surface area contributed by atoms with Gasteiger partial charge >= 0.3 is 0 Å². The Hall–Kier alpha value is -0.600. The molecule has 1 aliphatic carbocycles. The van der Waals surface area contributed by atoms with Crippen LogP contribution < -0.4 is 5.73 Å². The first-order chi connectivity index (χ1) is 6.18. The molecule has 13 heavy (non-hydrogen) atoms. The fourth-order valence-corrected chi connectivity index (χ4v) is 1.77. The Morgan fingerprint density at radius 2 is 2.15 bits per heavy atom. The Labute approximate surface area is 81.7 Å². The van der Waals surface area contributed by atoms with Crippen molar-refractivity contribution in [2.75, 3.05) is 0 Å². The third kappa shape index (κ3) is 1.84. The van der Waals surface area contributed by atoms with Crippen LogP contribution in [0.25, 0.3) is 0 Å². The molecule has 1 saturated carbocycles. The highest BCUT2D eigenvalue weighted by Crippen LogP contribution is 2.41. The average Bonchev–Trinajstić information content (AvgIpc) is 2.85. The summed E-state index contributed by atoms with van der Waals surface area (Å²) in [5, 5.41) is 0.444. The molecule has 1 aliphatic rings. The van der Waals surface area contributed by atoms with Crippen LogP contribution in [0.2, 0.25) is 5.02 Å². The van der Waals surface area contributed by atoms with Crippen molar-refractivity contribution in [3.8, 4) is 0 Å². The predicted octanol–water partition coefficient (Wildman–Crippen LogP) is 2.89. The SMILES string of the molecule is N[C@@H](c1ccc(F)cc1Cl)C1CC1. The van der Waals surface area contributed by atoms with Gasteiger partial charge in [-0.05, 0) is 36.5 Å². The number of rotatable bonds is 2. The summed E-state index contributed by atoms with van der Waals surface area (Å²) in [6.07, 6.45) is 2.32. The minimum Gasteiger partial charge on any atom is -0.324 e. The standard InChI is InChI=1S/C10H11ClFN/c11-9-5-7(12)3-4-8(9)10(13)6-1-2-6/h3-6,10H,1-2,13H2/t10-/m1/s1. The molecule has 0 bridgehead atoms. The molecule has 1 aromatic rings. The molecule has 0 spiro atoms. The summed E-state index contributed by atoms with van der Waals surface area (Å²) >= 11 is 5.88. The van der Waals surface area contributed by atoms with Gasteiger partial charge in [0.05, 0.1) is 0 Å². The van der Waals surface area contributed by atoms with E-state index in [1.807, 2.05) is 0 Å². The van der Waals surface area contributed by atoms with Gasteiger partial charge in [-0.3, -0.25) is 0 Å². The number of halogens is 2. The van der Waals surface area contributed by atoms with E-state index in [4.69, 9.17) is 17.3 Å². The molecule has 2 rings (SSSR count). The molecule has 0 heterocycles. The maximum atomic E-state index is 12.7. The van der Waals surface area contributed by atoms with Gasteiger partial charge in [-0.2, -0.15) is 0 Å². The van der Waals surface area contributed by atoms with E-state index < -0.39 is 0 Å². The highest BCUT2D eigenvalue weighted by atomic mass is 35.5. The smallest absolute Gasteiger partial charge is 0.124 e. The van der Waals surface area contributed by atoms with Gasteiger partial charge in [-0.15, -0.1) is 0 Å². The second kappa shape index (κ2) is 3.28. The molecule has 0 aromatic heterocycles. The molecule has 2 N–H and O–H groups in total. The van der Waals surface area contributed by atoms with Crippen LogP contribution in [-0.4, -0.2) is 0 Å². The van der Waals surface area contributed by atoms with Gasteiger partial charge in [-0.25, -0.2) is 4.39 Å². The summed E-state index contributed by atoms with van der Waals surface area (Å²) in [5.74, 6) is 0.236. The van der Waals surface area contributed by atoms with Crippen LogP contribution in [-0.2, 0) is 0 Å². The molecular weight excluding hydrogens is 189 g/mol. The van der Waals surface area contributed by atoms with E-state index in [1.165, 1.54) is 12.1 Å².